The van der Waals surface area contributed by atoms with Crippen LogP contribution in [0, 0.1) is 5.41 Å². The quantitative estimate of drug-likeness (QED) is 0.342. The molecular weight excluding hydrogens is 447 g/mol. The number of nitrogens with zero attached hydrogens (tertiary/aromatic N) is 2. The molecule has 1 aliphatic rings. The monoisotopic (exact) mass is 482 g/mol. The Hall–Kier alpha value is -0.850. The third-order valence-electron chi connectivity index (χ3n) is 7.04. The number of methoxy groups -OCH3 is 1. The number of carboxylic acids is 1. The first-order valence-electron chi connectivity index (χ1n) is 12.0. The van der Waals surface area contributed by atoms with Gasteiger partial charge in [-0.25, -0.2) is 0 Å². The van der Waals surface area contributed by atoms with E-state index in [4.69, 9.17) is 16.3 Å². The van der Waals surface area contributed by atoms with Gasteiger partial charge < -0.3 is 19.5 Å². The van der Waals surface area contributed by atoms with Crippen molar-refractivity contribution in [2.75, 3.05) is 26.7 Å². The Balaban J connectivity index is 0.00000385. The third-order valence-corrected chi connectivity index (χ3v) is 7.37. The van der Waals surface area contributed by atoms with Gasteiger partial charge in [0.05, 0.1) is 17.6 Å². The Labute approximate surface area is 225 Å². The van der Waals surface area contributed by atoms with Crippen LogP contribution in [-0.2, 0) is 11.2 Å². The van der Waals surface area contributed by atoms with Crippen molar-refractivity contribution in [2.24, 2.45) is 5.41 Å². The maximum atomic E-state index is 12.1. The van der Waals surface area contributed by atoms with Gasteiger partial charge in [-0.2, -0.15) is 0 Å². The van der Waals surface area contributed by atoms with Gasteiger partial charge in [0.1, 0.15) is 5.75 Å². The van der Waals surface area contributed by atoms with Crippen molar-refractivity contribution in [3.8, 4) is 5.75 Å². The fourth-order valence-electron chi connectivity index (χ4n) is 4.89. The molecule has 3 rings (SSSR count). The minimum absolute atomic E-state index is 0. The van der Waals surface area contributed by atoms with E-state index in [2.05, 4.69) is 16.8 Å². The first-order valence-corrected chi connectivity index (χ1v) is 12.4. The molecule has 2 heterocycles. The van der Waals surface area contributed by atoms with Crippen LogP contribution in [0.2, 0.25) is 5.02 Å². The van der Waals surface area contributed by atoms with Crippen LogP contribution in [0.4, 0.5) is 0 Å². The van der Waals surface area contributed by atoms with Crippen molar-refractivity contribution in [1.82, 2.24) is 9.88 Å². The maximum Gasteiger partial charge on any atom is 1.00 e. The number of carbonyl (C=O) groups is 1. The molecule has 1 aliphatic heterocycles. The molecule has 0 bridgehead atoms. The zero-order valence-electron chi connectivity index (χ0n) is 20.5. The van der Waals surface area contributed by atoms with Gasteiger partial charge in [-0.1, -0.05) is 44.2 Å². The van der Waals surface area contributed by atoms with Crippen molar-refractivity contribution in [3.05, 3.63) is 35.0 Å². The number of aromatic nitrogens is 1. The molecule has 1 fully saturated rings. The summed E-state index contributed by atoms with van der Waals surface area (Å²) in [5.41, 5.74) is 1.15. The molecule has 0 radical (unpaired) electrons. The standard InChI is InChI=1S/C26H37ClN2O3.Na/c1-3-4-5-6-7-15-29-16-13-26(14-17-29,25(30)31)12-8-9-21-22-18-20(32-2)10-11-24(22)28-19-23(21)27;/h10-11,18-19H,3-9,12-17H2,1-2H3,(H,30,31);/q;+1/p-1. The summed E-state index contributed by atoms with van der Waals surface area (Å²) in [6.45, 7) is 5.00. The van der Waals surface area contributed by atoms with Crippen LogP contribution in [-0.4, -0.2) is 42.6 Å². The molecule has 2 aromatic rings. The van der Waals surface area contributed by atoms with Gasteiger partial charge in [0.15, 0.2) is 0 Å². The molecule has 0 atom stereocenters. The van der Waals surface area contributed by atoms with E-state index in [1.165, 1.54) is 32.1 Å². The third kappa shape index (κ3) is 7.57. The summed E-state index contributed by atoms with van der Waals surface area (Å²) in [4.78, 5) is 19.0. The zero-order valence-corrected chi connectivity index (χ0v) is 23.3. The van der Waals surface area contributed by atoms with E-state index in [9.17, 15) is 9.90 Å². The molecule has 0 spiro atoms. The fraction of sp³-hybridized carbons (Fsp3) is 0.615. The van der Waals surface area contributed by atoms with Crippen LogP contribution in [0.3, 0.4) is 0 Å². The van der Waals surface area contributed by atoms with E-state index >= 15 is 0 Å². The minimum atomic E-state index is -0.896. The van der Waals surface area contributed by atoms with Crippen LogP contribution in [0.15, 0.2) is 24.4 Å². The largest absolute Gasteiger partial charge is 1.00 e. The second kappa shape index (κ2) is 13.9. The topological polar surface area (TPSA) is 65.5 Å². The Bertz CT molecular complexity index is 900. The first-order chi connectivity index (χ1) is 15.5. The number of piperidine rings is 1. The van der Waals surface area contributed by atoms with Gasteiger partial charge in [0.2, 0.25) is 0 Å². The summed E-state index contributed by atoms with van der Waals surface area (Å²) in [5, 5.41) is 13.7. The summed E-state index contributed by atoms with van der Waals surface area (Å²) < 4.78 is 5.36. The number of pyridine rings is 1. The van der Waals surface area contributed by atoms with Crippen molar-refractivity contribution < 1.29 is 44.2 Å². The van der Waals surface area contributed by atoms with Crippen LogP contribution in [0.5, 0.6) is 5.75 Å². The van der Waals surface area contributed by atoms with E-state index in [0.29, 0.717) is 30.7 Å². The molecule has 0 unspecified atom stereocenters. The molecule has 1 aromatic heterocycles. The Morgan fingerprint density at radius 1 is 1.18 bits per heavy atom. The number of hydrogen-bond donors (Lipinski definition) is 0. The van der Waals surface area contributed by atoms with Gasteiger partial charge in [-0.3, -0.25) is 4.98 Å². The predicted molar refractivity (Wildman–Crippen MR) is 128 cm³/mol. The Morgan fingerprint density at radius 3 is 2.58 bits per heavy atom. The molecule has 0 aliphatic carbocycles. The number of halogens is 1. The van der Waals surface area contributed by atoms with Crippen molar-refractivity contribution >= 4 is 28.5 Å². The Morgan fingerprint density at radius 2 is 1.91 bits per heavy atom. The van der Waals surface area contributed by atoms with Crippen LogP contribution in [0.1, 0.15) is 70.3 Å². The van der Waals surface area contributed by atoms with Crippen LogP contribution in [0.25, 0.3) is 10.9 Å². The smallest absolute Gasteiger partial charge is 0.550 e. The van der Waals surface area contributed by atoms with Gasteiger partial charge in [-0.05, 0) is 81.9 Å². The van der Waals surface area contributed by atoms with Crippen LogP contribution < -0.4 is 39.4 Å². The molecule has 1 saturated heterocycles. The summed E-state index contributed by atoms with van der Waals surface area (Å²) in [6.07, 6.45) is 11.4. The predicted octanol–water partition coefficient (Wildman–Crippen LogP) is 2.03. The number of rotatable bonds is 12. The molecule has 1 aromatic carbocycles. The van der Waals surface area contributed by atoms with E-state index in [0.717, 1.165) is 48.3 Å². The summed E-state index contributed by atoms with van der Waals surface area (Å²) in [5.74, 6) is -0.136. The SMILES string of the molecule is CCCCCCCN1CCC(CCCc2c(Cl)cnc3ccc(OC)cc23)(C(=O)[O-])CC1.[Na+]. The van der Waals surface area contributed by atoms with E-state index < -0.39 is 11.4 Å². The number of benzene rings is 1. The number of carbonyl (C=O) groups excluding carboxylic acids is 1. The van der Waals surface area contributed by atoms with E-state index in [1.54, 1.807) is 13.3 Å². The molecule has 5 nitrogen and oxygen atoms in total. The average Bonchev–Trinajstić information content (AvgIpc) is 2.81. The summed E-state index contributed by atoms with van der Waals surface area (Å²) in [6, 6.07) is 5.77. The second-order valence-corrected chi connectivity index (χ2v) is 9.55. The number of hydrogen-bond acceptors (Lipinski definition) is 5. The first kappa shape index (κ1) is 28.4. The van der Waals surface area contributed by atoms with Gasteiger partial charge in [0, 0.05) is 23.0 Å². The van der Waals surface area contributed by atoms with Crippen molar-refractivity contribution in [3.63, 3.8) is 0 Å². The number of likely N-dealkylation sites (tertiary alicyclic amines) is 1. The molecule has 0 N–H and O–H groups in total. The second-order valence-electron chi connectivity index (χ2n) is 9.14. The van der Waals surface area contributed by atoms with Gasteiger partial charge in [-0.15, -0.1) is 0 Å². The molecule has 0 saturated carbocycles. The minimum Gasteiger partial charge on any atom is -0.550 e. The Kier molecular flexibility index (Phi) is 11.9. The molecule has 33 heavy (non-hydrogen) atoms. The van der Waals surface area contributed by atoms with Crippen molar-refractivity contribution in [1.29, 1.82) is 0 Å². The van der Waals surface area contributed by atoms with Gasteiger partial charge in [0.25, 0.3) is 0 Å². The van der Waals surface area contributed by atoms with E-state index in [1.807, 2.05) is 18.2 Å². The fourth-order valence-corrected chi connectivity index (χ4v) is 5.13. The summed E-state index contributed by atoms with van der Waals surface area (Å²) >= 11 is 6.48. The molecule has 7 heteroatoms. The maximum absolute atomic E-state index is 12.1. The number of fused-ring (bicyclic) bond motifs is 1. The van der Waals surface area contributed by atoms with Crippen molar-refractivity contribution in [2.45, 2.75) is 71.1 Å². The number of ether oxygens (including phenoxy) is 1. The average molecular weight is 483 g/mol. The normalized spacial score (nSPS) is 15.8. The number of carboxylic acid groups (broad SMARTS) is 1. The number of unbranched alkanes of at least 4 members (excludes halogenated alkanes) is 4. The molecule has 0 amide bonds. The molecule has 176 valence electrons. The van der Waals surface area contributed by atoms with Gasteiger partial charge >= 0.3 is 29.6 Å². The number of aryl methyl sites for hydroxylation is 1. The summed E-state index contributed by atoms with van der Waals surface area (Å²) in [7, 11) is 1.64. The van der Waals surface area contributed by atoms with E-state index in [-0.39, 0.29) is 29.6 Å². The van der Waals surface area contributed by atoms with Crippen LogP contribution >= 0.6 is 11.6 Å². The zero-order chi connectivity index (χ0) is 23.0. The molecular formula is C26H36ClN2NaO3. The number of aliphatic carboxylic acids is 1.